The fraction of sp³-hybridized carbons (Fsp3) is 0.0725. The Labute approximate surface area is 560 Å². The number of aromatic nitrogens is 3. The molecular weight excluding hydrogens is 1290 g/mol. The van der Waals surface area contributed by atoms with Crippen LogP contribution in [-0.2, 0) is 31.2 Å². The summed E-state index contributed by atoms with van der Waals surface area (Å²) in [6.07, 6.45) is 3.10. The summed E-state index contributed by atoms with van der Waals surface area (Å²) in [6, 6.07) is 54.9. The van der Waals surface area contributed by atoms with Gasteiger partial charge in [-0.1, -0.05) is 84.4 Å². The van der Waals surface area contributed by atoms with Crippen molar-refractivity contribution in [1.82, 2.24) is 15.0 Å². The lowest BCUT2D eigenvalue weighted by Crippen LogP contribution is -2.14. The SMILES string of the molecule is CC(=O)Oc1cc(OCc2ccccc2C#N)cc(C(=O)Nc2ccc([N+](=O)[O-])cn2)c1.N#Cc1ccccc1COc1cc(O)cc(C(=O)Nc2ccc([N+](=O)[O-])cn2)c1.N#Cc1ccccc1COc1cc(OCc2ccccc2Cl)cc(C(=O)Nc2ccc([N+](=O)[O-])cn2)c1. The Bertz CT molecular complexity index is 4750. The average molecular weight is 1340 g/mol. The van der Waals surface area contributed by atoms with E-state index >= 15 is 0 Å². The average Bonchev–Trinajstić information content (AvgIpc) is 2.98. The quantitative estimate of drug-likeness (QED) is 0.0212. The van der Waals surface area contributed by atoms with Gasteiger partial charge in [-0.05, 0) is 78.9 Å². The number of halogens is 1. The van der Waals surface area contributed by atoms with E-state index in [9.17, 15) is 65.2 Å². The molecule has 0 aliphatic heterocycles. The molecule has 10 aromatic rings. The van der Waals surface area contributed by atoms with Gasteiger partial charge in [0.15, 0.2) is 0 Å². The predicted molar refractivity (Wildman–Crippen MR) is 351 cm³/mol. The summed E-state index contributed by atoms with van der Waals surface area (Å²) in [5, 5.41) is 77.9. The van der Waals surface area contributed by atoms with E-state index in [1.165, 1.54) is 91.9 Å². The van der Waals surface area contributed by atoms with Crippen LogP contribution in [0.15, 0.2) is 207 Å². The zero-order valence-corrected chi connectivity index (χ0v) is 51.7. The molecule has 29 heteroatoms. The van der Waals surface area contributed by atoms with Gasteiger partial charge < -0.3 is 44.7 Å². The van der Waals surface area contributed by atoms with Gasteiger partial charge in [-0.2, -0.15) is 15.8 Å². The van der Waals surface area contributed by atoms with Gasteiger partial charge in [0.2, 0.25) is 0 Å². The number of phenols is 1. The largest absolute Gasteiger partial charge is 0.508 e. The van der Waals surface area contributed by atoms with Crippen LogP contribution in [-0.4, -0.2) is 58.5 Å². The number of phenolic OH excluding ortho intramolecular Hbond substituents is 1. The summed E-state index contributed by atoms with van der Waals surface area (Å²) in [7, 11) is 0. The molecule has 488 valence electrons. The van der Waals surface area contributed by atoms with Crippen LogP contribution in [0.5, 0.6) is 34.5 Å². The summed E-state index contributed by atoms with van der Waals surface area (Å²) in [6.45, 7) is 1.61. The number of amides is 3. The van der Waals surface area contributed by atoms with Crippen molar-refractivity contribution < 1.29 is 62.7 Å². The van der Waals surface area contributed by atoms with Gasteiger partial charge in [-0.25, -0.2) is 15.0 Å². The standard InChI is InChI=1S/C27H19ClN4O5.C22H16N4O6.C20H14N4O5/c28-25-8-4-3-7-20(25)17-37-24-12-21(27(33)31-26-10-9-22(15-30-26)32(34)35)11-23(13-24)36-16-19-6-2-1-5-18(19)14-29;1-14(27)32-20-9-17(22(28)25-21-7-6-18(12-24-21)26(29)30)8-19(10-20)31-13-16-5-3-2-4-15(16)11-23;21-10-13-3-1-2-4-14(13)12-29-18-8-15(7-17(25)9-18)20(26)23-19-6-5-16(11-22-19)24(27)28/h1-13,15H,16-17H2,(H,30,31,33);2-10,12H,13H2,1H3,(H,24,25,28);1-9,11,25H,12H2,(H,22,23,26). The number of hydrogen-bond acceptors (Lipinski definition) is 22. The molecule has 98 heavy (non-hydrogen) atoms. The summed E-state index contributed by atoms with van der Waals surface area (Å²) < 4.78 is 28.2. The Balaban J connectivity index is 0.000000189. The second kappa shape index (κ2) is 33.9. The van der Waals surface area contributed by atoms with E-state index in [2.05, 4.69) is 49.1 Å². The number of pyridine rings is 3. The highest BCUT2D eigenvalue weighted by Crippen LogP contribution is 2.30. The molecule has 10 rings (SSSR count). The van der Waals surface area contributed by atoms with E-state index in [-0.39, 0.29) is 101 Å². The van der Waals surface area contributed by atoms with E-state index < -0.39 is 38.5 Å². The molecule has 0 radical (unpaired) electrons. The number of esters is 1. The van der Waals surface area contributed by atoms with Crippen molar-refractivity contribution in [3.05, 3.63) is 298 Å². The van der Waals surface area contributed by atoms with Gasteiger partial charge in [0.05, 0.1) is 49.7 Å². The second-order valence-corrected chi connectivity index (χ2v) is 20.5. The number of nitro groups is 3. The molecule has 0 fully saturated rings. The molecule has 0 saturated carbocycles. The molecule has 7 aromatic carbocycles. The van der Waals surface area contributed by atoms with Crippen molar-refractivity contribution in [2.75, 3.05) is 16.0 Å². The van der Waals surface area contributed by atoms with Gasteiger partial charge in [0.25, 0.3) is 34.8 Å². The van der Waals surface area contributed by atoms with Crippen LogP contribution in [0, 0.1) is 64.3 Å². The molecule has 0 aliphatic rings. The van der Waals surface area contributed by atoms with Crippen LogP contribution in [0.1, 0.15) is 76.9 Å². The third kappa shape index (κ3) is 20.4. The molecule has 0 saturated heterocycles. The van der Waals surface area contributed by atoms with Gasteiger partial charge >= 0.3 is 5.97 Å². The summed E-state index contributed by atoms with van der Waals surface area (Å²) in [5.41, 5.74) is 3.97. The molecular formula is C69H49ClN12O16. The van der Waals surface area contributed by atoms with Gasteiger partial charge in [0.1, 0.15) is 97.0 Å². The number of hydrogen-bond donors (Lipinski definition) is 4. The first-order valence-electron chi connectivity index (χ1n) is 28.5. The lowest BCUT2D eigenvalue weighted by Gasteiger charge is -2.13. The molecule has 3 aromatic heterocycles. The van der Waals surface area contributed by atoms with E-state index in [1.54, 1.807) is 84.9 Å². The molecule has 3 amide bonds. The molecule has 0 bridgehead atoms. The van der Waals surface area contributed by atoms with Crippen LogP contribution in [0.25, 0.3) is 0 Å². The van der Waals surface area contributed by atoms with E-state index in [0.29, 0.717) is 49.9 Å². The van der Waals surface area contributed by atoms with Crippen LogP contribution in [0.3, 0.4) is 0 Å². The number of carbonyl (C=O) groups is 4. The van der Waals surface area contributed by atoms with Crippen LogP contribution in [0.2, 0.25) is 5.02 Å². The van der Waals surface area contributed by atoms with Gasteiger partial charge in [0, 0.05) is 87.3 Å². The maximum atomic E-state index is 13.0. The third-order valence-electron chi connectivity index (χ3n) is 13.2. The third-order valence-corrected chi connectivity index (χ3v) is 13.6. The molecule has 28 nitrogen and oxygen atoms in total. The minimum atomic E-state index is -0.602. The Hall–Kier alpha value is -14.2. The van der Waals surface area contributed by atoms with Crippen molar-refractivity contribution in [2.24, 2.45) is 0 Å². The van der Waals surface area contributed by atoms with E-state index in [0.717, 1.165) is 24.2 Å². The maximum absolute atomic E-state index is 13.0. The first-order chi connectivity index (χ1) is 47.2. The normalized spacial score (nSPS) is 10.1. The van der Waals surface area contributed by atoms with E-state index in [1.807, 2.05) is 18.2 Å². The smallest absolute Gasteiger partial charge is 0.308 e. The summed E-state index contributed by atoms with van der Waals surface area (Å²) in [5.74, 6) is -0.846. The van der Waals surface area contributed by atoms with Crippen molar-refractivity contribution in [2.45, 2.75) is 33.4 Å². The molecule has 3 heterocycles. The molecule has 0 spiro atoms. The fourth-order valence-corrected chi connectivity index (χ4v) is 8.66. The first-order valence-corrected chi connectivity index (χ1v) is 28.9. The monoisotopic (exact) mass is 1340 g/mol. The molecule has 0 unspecified atom stereocenters. The highest BCUT2D eigenvalue weighted by Gasteiger charge is 2.18. The number of nitrogens with one attached hydrogen (secondary N) is 3. The van der Waals surface area contributed by atoms with Crippen LogP contribution < -0.4 is 39.6 Å². The Morgan fingerprint density at radius 3 is 1.07 bits per heavy atom. The highest BCUT2D eigenvalue weighted by molar-refractivity contribution is 6.31. The van der Waals surface area contributed by atoms with Gasteiger partial charge in [-0.15, -0.1) is 0 Å². The van der Waals surface area contributed by atoms with E-state index in [4.69, 9.17) is 40.5 Å². The Kier molecular flexibility index (Phi) is 24.1. The number of aromatic hydroxyl groups is 1. The van der Waals surface area contributed by atoms with Crippen molar-refractivity contribution in [3.8, 4) is 52.7 Å². The fourth-order valence-electron chi connectivity index (χ4n) is 8.47. The minimum Gasteiger partial charge on any atom is -0.508 e. The number of benzene rings is 7. The number of anilines is 3. The summed E-state index contributed by atoms with van der Waals surface area (Å²) in [4.78, 5) is 91.5. The maximum Gasteiger partial charge on any atom is 0.308 e. The Morgan fingerprint density at radius 1 is 0.439 bits per heavy atom. The number of nitriles is 3. The summed E-state index contributed by atoms with van der Waals surface area (Å²) >= 11 is 6.23. The van der Waals surface area contributed by atoms with Crippen molar-refractivity contribution >= 4 is 69.8 Å². The molecule has 0 atom stereocenters. The lowest BCUT2D eigenvalue weighted by molar-refractivity contribution is -0.385. The zero-order valence-electron chi connectivity index (χ0n) is 50.9. The Morgan fingerprint density at radius 2 is 0.745 bits per heavy atom. The lowest BCUT2D eigenvalue weighted by atomic mass is 10.1. The molecule has 4 N–H and O–H groups in total. The molecule has 0 aliphatic carbocycles. The topological polar surface area (TPSA) is 410 Å². The number of ether oxygens (including phenoxy) is 5. The van der Waals surface area contributed by atoms with Crippen LogP contribution in [0.4, 0.5) is 34.5 Å². The predicted octanol–water partition coefficient (Wildman–Crippen LogP) is 12.9. The van der Waals surface area contributed by atoms with Crippen molar-refractivity contribution in [1.29, 1.82) is 15.8 Å². The highest BCUT2D eigenvalue weighted by atomic mass is 35.5. The van der Waals surface area contributed by atoms with Gasteiger partial charge in [-0.3, -0.25) is 49.5 Å². The van der Waals surface area contributed by atoms with Crippen molar-refractivity contribution in [3.63, 3.8) is 0 Å². The number of carbonyl (C=O) groups excluding carboxylic acids is 4. The first kappa shape index (κ1) is 69.7. The number of nitrogens with zero attached hydrogens (tertiary/aromatic N) is 9. The zero-order chi connectivity index (χ0) is 70.1. The second-order valence-electron chi connectivity index (χ2n) is 20.1. The minimum absolute atomic E-state index is 0.0538. The van der Waals surface area contributed by atoms with Crippen LogP contribution >= 0.6 is 11.6 Å². The number of rotatable bonds is 22.